The van der Waals surface area contributed by atoms with E-state index >= 15 is 0 Å². The zero-order valence-electron chi connectivity index (χ0n) is 12.4. The summed E-state index contributed by atoms with van der Waals surface area (Å²) < 4.78 is 0. The summed E-state index contributed by atoms with van der Waals surface area (Å²) in [5.41, 5.74) is 6.45. The van der Waals surface area contributed by atoms with Gasteiger partial charge in [-0.1, -0.05) is 30.3 Å². The van der Waals surface area contributed by atoms with E-state index < -0.39 is 0 Å². The molecule has 2 rings (SSSR count). The van der Waals surface area contributed by atoms with Crippen molar-refractivity contribution in [2.75, 3.05) is 13.1 Å². The van der Waals surface area contributed by atoms with Crippen LogP contribution in [0.3, 0.4) is 0 Å². The Hall–Kier alpha value is -1.88. The number of nitrogens with two attached hydrogens (primary N) is 1. The van der Waals surface area contributed by atoms with Gasteiger partial charge in [-0.25, -0.2) is 0 Å². The van der Waals surface area contributed by atoms with Gasteiger partial charge in [0.1, 0.15) is 0 Å². The monoisotopic (exact) mass is 289 g/mol. The zero-order valence-corrected chi connectivity index (χ0v) is 12.4. The predicted octanol–water partition coefficient (Wildman–Crippen LogP) is 0.889. The standard InChI is InChI=1S/C16H23N3O2/c1-12(19-9-5-8-14(11-19)15(17)20)16(21)18-10-13-6-3-2-4-7-13/h2-4,6-7,12,14H,5,8-11H2,1H3,(H2,17,20)(H,18,21)/t12-,14+/m1/s1. The largest absolute Gasteiger partial charge is 0.369 e. The number of carbonyl (C=O) groups excluding carboxylic acids is 2. The molecule has 0 saturated carbocycles. The Balaban J connectivity index is 1.85. The number of nitrogens with one attached hydrogen (secondary N) is 1. The number of amides is 2. The van der Waals surface area contributed by atoms with Gasteiger partial charge in [0.05, 0.1) is 12.0 Å². The molecule has 1 aliphatic heterocycles. The molecule has 2 amide bonds. The number of carbonyl (C=O) groups is 2. The van der Waals surface area contributed by atoms with Crippen LogP contribution in [0.1, 0.15) is 25.3 Å². The number of benzene rings is 1. The molecule has 1 aromatic carbocycles. The van der Waals surface area contributed by atoms with Crippen molar-refractivity contribution in [2.24, 2.45) is 11.7 Å². The Morgan fingerprint density at radius 1 is 1.38 bits per heavy atom. The van der Waals surface area contributed by atoms with Gasteiger partial charge in [-0.05, 0) is 31.9 Å². The van der Waals surface area contributed by atoms with Gasteiger partial charge in [0.25, 0.3) is 0 Å². The summed E-state index contributed by atoms with van der Waals surface area (Å²) >= 11 is 0. The van der Waals surface area contributed by atoms with Crippen LogP contribution in [-0.4, -0.2) is 35.8 Å². The van der Waals surface area contributed by atoms with Crippen LogP contribution in [0.4, 0.5) is 0 Å². The average molecular weight is 289 g/mol. The highest BCUT2D eigenvalue weighted by Gasteiger charge is 2.29. The minimum absolute atomic E-state index is 0.0102. The maximum atomic E-state index is 12.2. The van der Waals surface area contributed by atoms with E-state index in [0.717, 1.165) is 24.9 Å². The first-order valence-corrected chi connectivity index (χ1v) is 7.43. The molecular weight excluding hydrogens is 266 g/mol. The Kier molecular flexibility index (Phi) is 5.33. The summed E-state index contributed by atoms with van der Waals surface area (Å²) in [5.74, 6) is -0.413. The molecule has 0 radical (unpaired) electrons. The van der Waals surface area contributed by atoms with Crippen molar-refractivity contribution in [3.8, 4) is 0 Å². The second kappa shape index (κ2) is 7.22. The van der Waals surface area contributed by atoms with Crippen molar-refractivity contribution < 1.29 is 9.59 Å². The first kappa shape index (κ1) is 15.5. The molecule has 1 aliphatic rings. The Morgan fingerprint density at radius 2 is 2.10 bits per heavy atom. The highest BCUT2D eigenvalue weighted by Crippen LogP contribution is 2.18. The SMILES string of the molecule is C[C@H](C(=O)NCc1ccccc1)N1CCC[C@H](C(N)=O)C1. The number of likely N-dealkylation sites (tertiary alicyclic amines) is 1. The molecule has 0 aromatic heterocycles. The normalized spacial score (nSPS) is 20.7. The van der Waals surface area contributed by atoms with E-state index in [2.05, 4.69) is 5.32 Å². The summed E-state index contributed by atoms with van der Waals surface area (Å²) in [6.07, 6.45) is 1.73. The molecule has 1 aromatic rings. The molecule has 2 atom stereocenters. The lowest BCUT2D eigenvalue weighted by molar-refractivity contribution is -0.129. The van der Waals surface area contributed by atoms with Crippen molar-refractivity contribution in [1.82, 2.24) is 10.2 Å². The van der Waals surface area contributed by atoms with Crippen molar-refractivity contribution in [2.45, 2.75) is 32.4 Å². The quantitative estimate of drug-likeness (QED) is 0.845. The van der Waals surface area contributed by atoms with Gasteiger partial charge >= 0.3 is 0 Å². The summed E-state index contributed by atoms with van der Waals surface area (Å²) in [6, 6.07) is 9.58. The van der Waals surface area contributed by atoms with Crippen LogP contribution in [0, 0.1) is 5.92 Å². The number of hydrogen-bond acceptors (Lipinski definition) is 3. The van der Waals surface area contributed by atoms with E-state index in [-0.39, 0.29) is 23.8 Å². The molecule has 0 bridgehead atoms. The van der Waals surface area contributed by atoms with Gasteiger partial charge in [0.15, 0.2) is 0 Å². The van der Waals surface area contributed by atoms with Crippen LogP contribution < -0.4 is 11.1 Å². The van der Waals surface area contributed by atoms with Crippen LogP contribution in [0.15, 0.2) is 30.3 Å². The molecule has 21 heavy (non-hydrogen) atoms. The molecule has 114 valence electrons. The van der Waals surface area contributed by atoms with Crippen molar-refractivity contribution >= 4 is 11.8 Å². The number of primary amides is 1. The molecule has 5 heteroatoms. The van der Waals surface area contributed by atoms with Crippen molar-refractivity contribution in [3.63, 3.8) is 0 Å². The van der Waals surface area contributed by atoms with Crippen LogP contribution in [0.2, 0.25) is 0 Å². The van der Waals surface area contributed by atoms with E-state index in [9.17, 15) is 9.59 Å². The molecule has 0 spiro atoms. The van der Waals surface area contributed by atoms with E-state index in [1.807, 2.05) is 42.2 Å². The van der Waals surface area contributed by atoms with Crippen LogP contribution in [-0.2, 0) is 16.1 Å². The number of nitrogens with zero attached hydrogens (tertiary/aromatic N) is 1. The van der Waals surface area contributed by atoms with Crippen LogP contribution in [0.5, 0.6) is 0 Å². The second-order valence-corrected chi connectivity index (χ2v) is 5.62. The van der Waals surface area contributed by atoms with Crippen molar-refractivity contribution in [1.29, 1.82) is 0 Å². The van der Waals surface area contributed by atoms with E-state index in [0.29, 0.717) is 13.1 Å². The number of rotatable bonds is 5. The van der Waals surface area contributed by atoms with Gasteiger partial charge < -0.3 is 11.1 Å². The summed E-state index contributed by atoms with van der Waals surface area (Å²) in [7, 11) is 0. The molecule has 3 N–H and O–H groups in total. The van der Waals surface area contributed by atoms with Gasteiger partial charge in [-0.3, -0.25) is 14.5 Å². The smallest absolute Gasteiger partial charge is 0.237 e. The lowest BCUT2D eigenvalue weighted by Gasteiger charge is -2.34. The van der Waals surface area contributed by atoms with Gasteiger partial charge in [0.2, 0.25) is 11.8 Å². The third-order valence-electron chi connectivity index (χ3n) is 4.09. The van der Waals surface area contributed by atoms with E-state index in [4.69, 9.17) is 5.73 Å². The molecular formula is C16H23N3O2. The first-order chi connectivity index (χ1) is 10.1. The average Bonchev–Trinajstić information content (AvgIpc) is 2.53. The lowest BCUT2D eigenvalue weighted by atomic mass is 9.96. The molecule has 5 nitrogen and oxygen atoms in total. The highest BCUT2D eigenvalue weighted by molar-refractivity contribution is 5.81. The van der Waals surface area contributed by atoms with Gasteiger partial charge in [-0.15, -0.1) is 0 Å². The zero-order chi connectivity index (χ0) is 15.2. The number of hydrogen-bond donors (Lipinski definition) is 2. The third kappa shape index (κ3) is 4.29. The third-order valence-corrected chi connectivity index (χ3v) is 4.09. The molecule has 1 heterocycles. The second-order valence-electron chi connectivity index (χ2n) is 5.62. The number of piperidine rings is 1. The predicted molar refractivity (Wildman–Crippen MR) is 81.2 cm³/mol. The first-order valence-electron chi connectivity index (χ1n) is 7.43. The van der Waals surface area contributed by atoms with Crippen LogP contribution in [0.25, 0.3) is 0 Å². The molecule has 0 unspecified atom stereocenters. The molecule has 1 fully saturated rings. The fourth-order valence-corrected chi connectivity index (χ4v) is 2.69. The van der Waals surface area contributed by atoms with Gasteiger partial charge in [-0.2, -0.15) is 0 Å². The Labute approximate surface area is 125 Å². The summed E-state index contributed by atoms with van der Waals surface area (Å²) in [6.45, 7) is 3.82. The van der Waals surface area contributed by atoms with E-state index in [1.54, 1.807) is 0 Å². The summed E-state index contributed by atoms with van der Waals surface area (Å²) in [5, 5.41) is 2.94. The lowest BCUT2D eigenvalue weighted by Crippen LogP contribution is -2.50. The minimum atomic E-state index is -0.267. The van der Waals surface area contributed by atoms with Crippen LogP contribution >= 0.6 is 0 Å². The highest BCUT2D eigenvalue weighted by atomic mass is 16.2. The fraction of sp³-hybridized carbons (Fsp3) is 0.500. The Bertz CT molecular complexity index is 490. The molecule has 1 saturated heterocycles. The maximum absolute atomic E-state index is 12.2. The fourth-order valence-electron chi connectivity index (χ4n) is 2.69. The van der Waals surface area contributed by atoms with E-state index in [1.165, 1.54) is 0 Å². The summed E-state index contributed by atoms with van der Waals surface area (Å²) in [4.78, 5) is 25.6. The molecule has 0 aliphatic carbocycles. The Morgan fingerprint density at radius 3 is 2.76 bits per heavy atom. The minimum Gasteiger partial charge on any atom is -0.369 e. The van der Waals surface area contributed by atoms with Gasteiger partial charge in [0, 0.05) is 13.1 Å². The maximum Gasteiger partial charge on any atom is 0.237 e. The topological polar surface area (TPSA) is 75.4 Å². The van der Waals surface area contributed by atoms with Crippen molar-refractivity contribution in [3.05, 3.63) is 35.9 Å².